The Hall–Kier alpha value is -1.10. The van der Waals surface area contributed by atoms with Crippen molar-refractivity contribution in [2.24, 2.45) is 11.7 Å². The summed E-state index contributed by atoms with van der Waals surface area (Å²) < 4.78 is 0. The average molecular weight is 285 g/mol. The molecular weight excluding hydrogens is 254 g/mol. The van der Waals surface area contributed by atoms with Crippen LogP contribution in [0.3, 0.4) is 0 Å². The first-order valence-corrected chi connectivity index (χ1v) is 7.82. The van der Waals surface area contributed by atoms with Crippen molar-refractivity contribution in [3.05, 3.63) is 0 Å². The molecule has 2 atom stereocenters. The zero-order valence-corrected chi connectivity index (χ0v) is 13.2. The third kappa shape index (κ3) is 8.91. The van der Waals surface area contributed by atoms with Gasteiger partial charge in [-0.3, -0.25) is 9.59 Å². The summed E-state index contributed by atoms with van der Waals surface area (Å²) in [7, 11) is 0. The molecule has 0 aliphatic rings. The standard InChI is InChI=1S/C15H31N3O2/c1-4-6-13(9-10-16)7-8-14(19)18-12(3)15(20)17-11-5-2/h12-13H,4-11,16H2,1-3H3,(H,17,20)(H,18,19). The van der Waals surface area contributed by atoms with E-state index in [1.807, 2.05) is 6.92 Å². The molecule has 2 amide bonds. The van der Waals surface area contributed by atoms with E-state index in [-0.39, 0.29) is 11.8 Å². The number of nitrogens with two attached hydrogens (primary N) is 1. The molecule has 0 spiro atoms. The van der Waals surface area contributed by atoms with Crippen LogP contribution in [0.5, 0.6) is 0 Å². The zero-order valence-electron chi connectivity index (χ0n) is 13.2. The first-order chi connectivity index (χ1) is 9.54. The van der Waals surface area contributed by atoms with Crippen LogP contribution in [0.15, 0.2) is 0 Å². The molecule has 20 heavy (non-hydrogen) atoms. The van der Waals surface area contributed by atoms with Gasteiger partial charge in [0.2, 0.25) is 11.8 Å². The molecule has 5 nitrogen and oxygen atoms in total. The van der Waals surface area contributed by atoms with E-state index in [1.54, 1.807) is 6.92 Å². The Morgan fingerprint density at radius 3 is 2.35 bits per heavy atom. The largest absolute Gasteiger partial charge is 0.354 e. The van der Waals surface area contributed by atoms with Crippen LogP contribution in [0.25, 0.3) is 0 Å². The van der Waals surface area contributed by atoms with Gasteiger partial charge in [0.15, 0.2) is 0 Å². The molecule has 0 heterocycles. The highest BCUT2D eigenvalue weighted by atomic mass is 16.2. The summed E-state index contributed by atoms with van der Waals surface area (Å²) in [4.78, 5) is 23.5. The maximum Gasteiger partial charge on any atom is 0.242 e. The van der Waals surface area contributed by atoms with Gasteiger partial charge >= 0.3 is 0 Å². The van der Waals surface area contributed by atoms with Crippen molar-refractivity contribution in [2.45, 2.75) is 65.3 Å². The maximum atomic E-state index is 11.8. The lowest BCUT2D eigenvalue weighted by atomic mass is 9.94. The molecule has 5 heteroatoms. The van der Waals surface area contributed by atoms with Gasteiger partial charge in [0.05, 0.1) is 0 Å². The SMILES string of the molecule is CCCNC(=O)C(C)NC(=O)CCC(CCC)CCN. The topological polar surface area (TPSA) is 84.2 Å². The summed E-state index contributed by atoms with van der Waals surface area (Å²) in [5, 5.41) is 5.52. The van der Waals surface area contributed by atoms with Crippen LogP contribution >= 0.6 is 0 Å². The van der Waals surface area contributed by atoms with Crippen LogP contribution in [0.4, 0.5) is 0 Å². The van der Waals surface area contributed by atoms with Crippen molar-refractivity contribution in [1.82, 2.24) is 10.6 Å². The smallest absolute Gasteiger partial charge is 0.242 e. The molecule has 2 unspecified atom stereocenters. The second kappa shape index (κ2) is 11.7. The monoisotopic (exact) mass is 285 g/mol. The second-order valence-corrected chi connectivity index (χ2v) is 5.35. The molecule has 0 saturated heterocycles. The fraction of sp³-hybridized carbons (Fsp3) is 0.867. The van der Waals surface area contributed by atoms with E-state index in [9.17, 15) is 9.59 Å². The van der Waals surface area contributed by atoms with Crippen molar-refractivity contribution >= 4 is 11.8 Å². The third-order valence-corrected chi connectivity index (χ3v) is 3.37. The molecule has 0 fully saturated rings. The number of hydrogen-bond acceptors (Lipinski definition) is 3. The van der Waals surface area contributed by atoms with Crippen LogP contribution in [-0.4, -0.2) is 30.9 Å². The number of hydrogen-bond donors (Lipinski definition) is 3. The van der Waals surface area contributed by atoms with E-state index < -0.39 is 6.04 Å². The van der Waals surface area contributed by atoms with Gasteiger partial charge in [-0.2, -0.15) is 0 Å². The van der Waals surface area contributed by atoms with Crippen molar-refractivity contribution < 1.29 is 9.59 Å². The first-order valence-electron chi connectivity index (χ1n) is 7.82. The highest BCUT2D eigenvalue weighted by Crippen LogP contribution is 2.16. The van der Waals surface area contributed by atoms with Crippen LogP contribution in [0.1, 0.15) is 59.3 Å². The molecule has 4 N–H and O–H groups in total. The lowest BCUT2D eigenvalue weighted by Crippen LogP contribution is -2.45. The lowest BCUT2D eigenvalue weighted by Gasteiger charge is -2.17. The first kappa shape index (κ1) is 18.9. The Kier molecular flexibility index (Phi) is 11.1. The van der Waals surface area contributed by atoms with Crippen LogP contribution in [0, 0.1) is 5.92 Å². The van der Waals surface area contributed by atoms with E-state index in [1.165, 1.54) is 0 Å². The molecule has 0 rings (SSSR count). The summed E-state index contributed by atoms with van der Waals surface area (Å²) in [6.45, 7) is 7.17. The second-order valence-electron chi connectivity index (χ2n) is 5.35. The van der Waals surface area contributed by atoms with Gasteiger partial charge in [-0.1, -0.05) is 26.7 Å². The van der Waals surface area contributed by atoms with Gasteiger partial charge < -0.3 is 16.4 Å². The minimum atomic E-state index is -0.465. The summed E-state index contributed by atoms with van der Waals surface area (Å²) in [6.07, 6.45) is 5.40. The number of amides is 2. The summed E-state index contributed by atoms with van der Waals surface area (Å²) >= 11 is 0. The number of rotatable bonds is 11. The van der Waals surface area contributed by atoms with Crippen molar-refractivity contribution in [2.75, 3.05) is 13.1 Å². The quantitative estimate of drug-likeness (QED) is 0.538. The Balaban J connectivity index is 3.99. The zero-order chi connectivity index (χ0) is 15.4. The molecule has 118 valence electrons. The van der Waals surface area contributed by atoms with Crippen LogP contribution < -0.4 is 16.4 Å². The minimum Gasteiger partial charge on any atom is -0.354 e. The fourth-order valence-electron chi connectivity index (χ4n) is 2.19. The van der Waals surface area contributed by atoms with Gasteiger partial charge in [0.25, 0.3) is 0 Å². The van der Waals surface area contributed by atoms with Gasteiger partial charge in [-0.05, 0) is 38.6 Å². The number of nitrogens with one attached hydrogen (secondary N) is 2. The molecule has 0 radical (unpaired) electrons. The number of carbonyl (C=O) groups excluding carboxylic acids is 2. The number of carbonyl (C=O) groups is 2. The van der Waals surface area contributed by atoms with Gasteiger partial charge in [0.1, 0.15) is 6.04 Å². The molecule has 0 bridgehead atoms. The van der Waals surface area contributed by atoms with Gasteiger partial charge in [-0.15, -0.1) is 0 Å². The molecule has 0 saturated carbocycles. The highest BCUT2D eigenvalue weighted by molar-refractivity contribution is 5.87. The van der Waals surface area contributed by atoms with E-state index in [2.05, 4.69) is 17.6 Å². The lowest BCUT2D eigenvalue weighted by molar-refractivity contribution is -0.128. The average Bonchev–Trinajstić information content (AvgIpc) is 2.42. The van der Waals surface area contributed by atoms with Gasteiger partial charge in [-0.25, -0.2) is 0 Å². The predicted octanol–water partition coefficient (Wildman–Crippen LogP) is 1.56. The van der Waals surface area contributed by atoms with E-state index in [4.69, 9.17) is 5.73 Å². The minimum absolute atomic E-state index is 0.0535. The van der Waals surface area contributed by atoms with Crippen molar-refractivity contribution in [3.63, 3.8) is 0 Å². The summed E-state index contributed by atoms with van der Waals surface area (Å²) in [5.74, 6) is 0.342. The fourth-order valence-corrected chi connectivity index (χ4v) is 2.19. The molecule has 0 aromatic carbocycles. The summed E-state index contributed by atoms with van der Waals surface area (Å²) in [5.41, 5.74) is 5.58. The highest BCUT2D eigenvalue weighted by Gasteiger charge is 2.16. The predicted molar refractivity (Wildman–Crippen MR) is 82.2 cm³/mol. The van der Waals surface area contributed by atoms with E-state index in [0.29, 0.717) is 25.4 Å². The molecule has 0 aliphatic heterocycles. The summed E-state index contributed by atoms with van der Waals surface area (Å²) in [6, 6.07) is -0.465. The van der Waals surface area contributed by atoms with Crippen LogP contribution in [-0.2, 0) is 9.59 Å². The normalized spacial score (nSPS) is 13.6. The molecule has 0 aliphatic carbocycles. The Morgan fingerprint density at radius 2 is 1.80 bits per heavy atom. The van der Waals surface area contributed by atoms with Gasteiger partial charge in [0, 0.05) is 13.0 Å². The van der Waals surface area contributed by atoms with Crippen molar-refractivity contribution in [1.29, 1.82) is 0 Å². The Morgan fingerprint density at radius 1 is 1.10 bits per heavy atom. The Bertz CT molecular complexity index is 276. The third-order valence-electron chi connectivity index (χ3n) is 3.37. The van der Waals surface area contributed by atoms with Crippen molar-refractivity contribution in [3.8, 4) is 0 Å². The van der Waals surface area contributed by atoms with Crippen LogP contribution in [0.2, 0.25) is 0 Å². The molecule has 0 aromatic heterocycles. The molecular formula is C15H31N3O2. The maximum absolute atomic E-state index is 11.8. The van der Waals surface area contributed by atoms with E-state index >= 15 is 0 Å². The van der Waals surface area contributed by atoms with E-state index in [0.717, 1.165) is 32.1 Å². The molecule has 0 aromatic rings. The Labute approximate surface area is 123 Å².